The van der Waals surface area contributed by atoms with Crippen LogP contribution in [0.3, 0.4) is 0 Å². The number of anilines is 1. The number of carbonyl (C=O) groups is 1. The van der Waals surface area contributed by atoms with E-state index in [1.165, 1.54) is 0 Å². The minimum atomic E-state index is -0.150. The largest absolute Gasteiger partial charge is 0.491 e. The maximum atomic E-state index is 12.6. The van der Waals surface area contributed by atoms with Crippen LogP contribution in [0, 0.1) is 6.92 Å². The van der Waals surface area contributed by atoms with Crippen LogP contribution in [0.5, 0.6) is 5.75 Å². The second kappa shape index (κ2) is 9.08. The molecule has 0 unspecified atom stereocenters. The predicted molar refractivity (Wildman–Crippen MR) is 98.9 cm³/mol. The van der Waals surface area contributed by atoms with E-state index in [0.29, 0.717) is 17.9 Å². The number of hydrogen-bond acceptors (Lipinski definition) is 3. The fourth-order valence-electron chi connectivity index (χ4n) is 2.56. The van der Waals surface area contributed by atoms with Gasteiger partial charge in [0.25, 0.3) is 5.91 Å². The highest BCUT2D eigenvalue weighted by Gasteiger charge is 2.15. The highest BCUT2D eigenvalue weighted by atomic mass is 16.5. The van der Waals surface area contributed by atoms with E-state index in [-0.39, 0.29) is 5.91 Å². The van der Waals surface area contributed by atoms with E-state index in [1.807, 2.05) is 49.4 Å². The summed E-state index contributed by atoms with van der Waals surface area (Å²) in [6, 6.07) is 15.1. The molecule has 0 aliphatic carbocycles. The lowest BCUT2D eigenvalue weighted by Gasteiger charge is -2.19. The van der Waals surface area contributed by atoms with Gasteiger partial charge in [-0.25, -0.2) is 0 Å². The van der Waals surface area contributed by atoms with Gasteiger partial charge in [0.1, 0.15) is 12.4 Å². The third-order valence-corrected chi connectivity index (χ3v) is 4.04. The normalized spacial score (nSPS) is 10.7. The fourth-order valence-corrected chi connectivity index (χ4v) is 2.56. The molecule has 0 spiro atoms. The molecule has 1 N–H and O–H groups in total. The topological polar surface area (TPSA) is 41.6 Å². The Bertz CT molecular complexity index is 652. The molecule has 0 fully saturated rings. The van der Waals surface area contributed by atoms with E-state index >= 15 is 0 Å². The lowest BCUT2D eigenvalue weighted by atomic mass is 10.1. The Morgan fingerprint density at radius 3 is 2.42 bits per heavy atom. The van der Waals surface area contributed by atoms with Crippen molar-refractivity contribution in [2.24, 2.45) is 0 Å². The minimum absolute atomic E-state index is 0.150. The number of hydrogen-bond donors (Lipinski definition) is 1. The van der Waals surface area contributed by atoms with Crippen LogP contribution in [0.4, 0.5) is 5.69 Å². The fraction of sp³-hybridized carbons (Fsp3) is 0.350. The van der Waals surface area contributed by atoms with Gasteiger partial charge in [0, 0.05) is 12.2 Å². The molecule has 0 aliphatic heterocycles. The molecule has 0 aliphatic rings. The van der Waals surface area contributed by atoms with Crippen molar-refractivity contribution in [1.29, 1.82) is 0 Å². The molecular weight excluding hydrogens is 300 g/mol. The molecule has 0 atom stereocenters. The van der Waals surface area contributed by atoms with Crippen LogP contribution in [0.25, 0.3) is 0 Å². The van der Waals surface area contributed by atoms with Crippen LogP contribution in [0.2, 0.25) is 0 Å². The molecule has 4 heteroatoms. The molecule has 128 valence electrons. The lowest BCUT2D eigenvalue weighted by molar-refractivity contribution is 0.102. The average molecular weight is 326 g/mol. The quantitative estimate of drug-likeness (QED) is 0.798. The monoisotopic (exact) mass is 326 g/mol. The molecule has 0 bridgehead atoms. The number of nitrogens with zero attached hydrogens (tertiary/aromatic N) is 1. The van der Waals surface area contributed by atoms with Crippen LogP contribution in [-0.4, -0.2) is 37.0 Å². The smallest absolute Gasteiger partial charge is 0.259 e. The van der Waals surface area contributed by atoms with Crippen molar-refractivity contribution in [2.75, 3.05) is 31.6 Å². The molecule has 0 saturated heterocycles. The van der Waals surface area contributed by atoms with Gasteiger partial charge in [0.2, 0.25) is 0 Å². The van der Waals surface area contributed by atoms with E-state index in [2.05, 4.69) is 24.1 Å². The Morgan fingerprint density at radius 1 is 1.04 bits per heavy atom. The molecule has 2 aromatic rings. The number of aryl methyl sites for hydroxylation is 1. The zero-order valence-corrected chi connectivity index (χ0v) is 14.7. The number of rotatable bonds is 8. The molecule has 0 saturated carbocycles. The number of carbonyl (C=O) groups excluding carboxylic acids is 1. The third-order valence-electron chi connectivity index (χ3n) is 4.04. The highest BCUT2D eigenvalue weighted by Crippen LogP contribution is 2.24. The van der Waals surface area contributed by atoms with Gasteiger partial charge in [0.15, 0.2) is 0 Å². The zero-order chi connectivity index (χ0) is 17.4. The molecule has 2 rings (SSSR count). The van der Waals surface area contributed by atoms with Gasteiger partial charge >= 0.3 is 0 Å². The standard InChI is InChI=1S/C20H26N2O2/c1-4-22(5-2)14-15-24-19-16(3)10-9-13-18(19)20(23)21-17-11-7-6-8-12-17/h6-13H,4-5,14-15H2,1-3H3,(H,21,23). The number of amides is 1. The van der Waals surface area contributed by atoms with E-state index < -0.39 is 0 Å². The SMILES string of the molecule is CCN(CC)CCOc1c(C)cccc1C(=O)Nc1ccccc1. The van der Waals surface area contributed by atoms with Gasteiger partial charge in [-0.2, -0.15) is 0 Å². The Labute approximate surface area is 144 Å². The number of nitrogens with one attached hydrogen (secondary N) is 1. The van der Waals surface area contributed by atoms with Crippen molar-refractivity contribution in [3.05, 3.63) is 59.7 Å². The van der Waals surface area contributed by atoms with Gasteiger partial charge in [-0.1, -0.05) is 44.2 Å². The van der Waals surface area contributed by atoms with Crippen molar-refractivity contribution in [3.63, 3.8) is 0 Å². The second-order valence-corrected chi connectivity index (χ2v) is 5.65. The summed E-state index contributed by atoms with van der Waals surface area (Å²) in [6.45, 7) is 9.64. The Morgan fingerprint density at radius 2 is 1.75 bits per heavy atom. The number of para-hydroxylation sites is 2. The van der Waals surface area contributed by atoms with Crippen molar-refractivity contribution in [1.82, 2.24) is 4.90 Å². The van der Waals surface area contributed by atoms with E-state index in [1.54, 1.807) is 6.07 Å². The summed E-state index contributed by atoms with van der Waals surface area (Å²) in [6.07, 6.45) is 0. The number of likely N-dealkylation sites (N-methyl/N-ethyl adjacent to an activating group) is 1. The maximum absolute atomic E-state index is 12.6. The lowest BCUT2D eigenvalue weighted by Crippen LogP contribution is -2.28. The first-order valence-electron chi connectivity index (χ1n) is 8.46. The van der Waals surface area contributed by atoms with E-state index in [4.69, 9.17) is 4.74 Å². The summed E-state index contributed by atoms with van der Waals surface area (Å²) in [5.41, 5.74) is 2.31. The van der Waals surface area contributed by atoms with Crippen molar-refractivity contribution >= 4 is 11.6 Å². The van der Waals surface area contributed by atoms with Gasteiger partial charge in [0.05, 0.1) is 5.56 Å². The van der Waals surface area contributed by atoms with Crippen LogP contribution < -0.4 is 10.1 Å². The van der Waals surface area contributed by atoms with Crippen LogP contribution in [-0.2, 0) is 0 Å². The summed E-state index contributed by atoms with van der Waals surface area (Å²) in [4.78, 5) is 14.9. The molecule has 0 aromatic heterocycles. The summed E-state index contributed by atoms with van der Waals surface area (Å²) < 4.78 is 5.96. The summed E-state index contributed by atoms with van der Waals surface area (Å²) in [5.74, 6) is 0.515. The van der Waals surface area contributed by atoms with Crippen molar-refractivity contribution in [3.8, 4) is 5.75 Å². The molecular formula is C20H26N2O2. The Balaban J connectivity index is 2.09. The predicted octanol–water partition coefficient (Wildman–Crippen LogP) is 3.97. The first-order chi connectivity index (χ1) is 11.7. The van der Waals surface area contributed by atoms with E-state index in [9.17, 15) is 4.79 Å². The van der Waals surface area contributed by atoms with Gasteiger partial charge in [-0.15, -0.1) is 0 Å². The minimum Gasteiger partial charge on any atom is -0.491 e. The first kappa shape index (κ1) is 18.0. The summed E-state index contributed by atoms with van der Waals surface area (Å²) in [5, 5.41) is 2.92. The molecule has 4 nitrogen and oxygen atoms in total. The second-order valence-electron chi connectivity index (χ2n) is 5.65. The maximum Gasteiger partial charge on any atom is 0.259 e. The van der Waals surface area contributed by atoms with E-state index in [0.717, 1.165) is 30.9 Å². The van der Waals surface area contributed by atoms with Crippen LogP contribution >= 0.6 is 0 Å². The molecule has 24 heavy (non-hydrogen) atoms. The molecule has 2 aromatic carbocycles. The first-order valence-corrected chi connectivity index (χ1v) is 8.46. The Kier molecular flexibility index (Phi) is 6.82. The van der Waals surface area contributed by atoms with Gasteiger partial charge in [-0.05, 0) is 43.8 Å². The van der Waals surface area contributed by atoms with Gasteiger partial charge < -0.3 is 15.0 Å². The average Bonchev–Trinajstić information content (AvgIpc) is 2.60. The Hall–Kier alpha value is -2.33. The number of ether oxygens (including phenoxy) is 1. The molecule has 0 heterocycles. The van der Waals surface area contributed by atoms with Gasteiger partial charge in [-0.3, -0.25) is 4.79 Å². The zero-order valence-electron chi connectivity index (χ0n) is 14.7. The van der Waals surface area contributed by atoms with Crippen LogP contribution in [0.1, 0.15) is 29.8 Å². The molecule has 0 radical (unpaired) electrons. The summed E-state index contributed by atoms with van der Waals surface area (Å²) in [7, 11) is 0. The van der Waals surface area contributed by atoms with Crippen LogP contribution in [0.15, 0.2) is 48.5 Å². The summed E-state index contributed by atoms with van der Waals surface area (Å²) >= 11 is 0. The highest BCUT2D eigenvalue weighted by molar-refractivity contribution is 6.06. The third kappa shape index (κ3) is 4.83. The molecule has 1 amide bonds. The van der Waals surface area contributed by atoms with Crippen molar-refractivity contribution in [2.45, 2.75) is 20.8 Å². The number of benzene rings is 2. The van der Waals surface area contributed by atoms with Crippen molar-refractivity contribution < 1.29 is 9.53 Å².